The van der Waals surface area contributed by atoms with Crippen LogP contribution in [0.1, 0.15) is 0 Å². The quantitative estimate of drug-likeness (QED) is 0.769. The second kappa shape index (κ2) is 5.00. The molecule has 0 saturated heterocycles. The highest BCUT2D eigenvalue weighted by Gasteiger charge is 2.20. The van der Waals surface area contributed by atoms with Gasteiger partial charge in [-0.1, -0.05) is 11.2 Å². The van der Waals surface area contributed by atoms with Crippen LogP contribution >= 0.6 is 0 Å². The number of rotatable bonds is 4. The predicted molar refractivity (Wildman–Crippen MR) is 68.2 cm³/mol. The monoisotopic (exact) mass is 273 g/mol. The smallest absolute Gasteiger partial charge is 0.265 e. The van der Waals surface area contributed by atoms with E-state index in [-0.39, 0.29) is 5.89 Å². The van der Waals surface area contributed by atoms with E-state index in [0.29, 0.717) is 28.7 Å². The second-order valence-electron chi connectivity index (χ2n) is 3.79. The van der Waals surface area contributed by atoms with Crippen LogP contribution in [0.2, 0.25) is 0 Å². The van der Waals surface area contributed by atoms with Crippen LogP contribution in [0, 0.1) is 0 Å². The number of H-pyrrole nitrogens is 1. The maximum absolute atomic E-state index is 5.30. The number of methoxy groups -OCH3 is 2. The molecule has 0 radical (unpaired) electrons. The zero-order valence-electron chi connectivity index (χ0n) is 10.8. The van der Waals surface area contributed by atoms with Crippen molar-refractivity contribution in [1.29, 1.82) is 0 Å². The van der Waals surface area contributed by atoms with Crippen LogP contribution in [0.4, 0.5) is 0 Å². The summed E-state index contributed by atoms with van der Waals surface area (Å²) >= 11 is 0. The summed E-state index contributed by atoms with van der Waals surface area (Å²) in [4.78, 5) is 8.23. The topological polar surface area (TPSA) is 99.0 Å². The minimum atomic E-state index is 0.283. The van der Waals surface area contributed by atoms with Crippen LogP contribution in [0.5, 0.6) is 11.5 Å². The lowest BCUT2D eigenvalue weighted by Crippen LogP contribution is -1.93. The number of aromatic nitrogens is 5. The highest BCUT2D eigenvalue weighted by molar-refractivity contribution is 5.71. The molecule has 0 unspecified atom stereocenters. The van der Waals surface area contributed by atoms with Gasteiger partial charge in [0.25, 0.3) is 5.89 Å². The number of aromatic amines is 1. The maximum Gasteiger partial charge on any atom is 0.265 e. The summed E-state index contributed by atoms with van der Waals surface area (Å²) < 4.78 is 15.8. The Labute approximate surface area is 113 Å². The van der Waals surface area contributed by atoms with Gasteiger partial charge in [-0.05, 0) is 12.1 Å². The SMILES string of the molecule is COc1cccc(OC)c1-c1nc(-c2ncn[nH]2)no1. The Hall–Kier alpha value is -2.90. The fourth-order valence-corrected chi connectivity index (χ4v) is 1.80. The molecule has 0 saturated carbocycles. The van der Waals surface area contributed by atoms with Crippen molar-refractivity contribution in [1.82, 2.24) is 25.3 Å². The van der Waals surface area contributed by atoms with Gasteiger partial charge in [0.15, 0.2) is 5.82 Å². The first-order chi connectivity index (χ1) is 9.83. The number of benzene rings is 1. The van der Waals surface area contributed by atoms with Gasteiger partial charge in [-0.3, -0.25) is 5.10 Å². The van der Waals surface area contributed by atoms with Crippen molar-refractivity contribution >= 4 is 0 Å². The van der Waals surface area contributed by atoms with Gasteiger partial charge < -0.3 is 14.0 Å². The van der Waals surface area contributed by atoms with Crippen molar-refractivity contribution in [3.63, 3.8) is 0 Å². The van der Waals surface area contributed by atoms with Crippen molar-refractivity contribution in [2.24, 2.45) is 0 Å². The summed E-state index contributed by atoms with van der Waals surface area (Å²) in [5.41, 5.74) is 0.593. The summed E-state index contributed by atoms with van der Waals surface area (Å²) in [6, 6.07) is 5.39. The molecule has 0 atom stereocenters. The lowest BCUT2D eigenvalue weighted by molar-refractivity contribution is 0.386. The molecule has 0 spiro atoms. The number of nitrogens with one attached hydrogen (secondary N) is 1. The van der Waals surface area contributed by atoms with Gasteiger partial charge in [-0.15, -0.1) is 0 Å². The lowest BCUT2D eigenvalue weighted by atomic mass is 10.1. The average Bonchev–Trinajstić information content (AvgIpc) is 3.16. The minimum Gasteiger partial charge on any atom is -0.496 e. The lowest BCUT2D eigenvalue weighted by Gasteiger charge is -2.09. The molecule has 0 aliphatic heterocycles. The Balaban J connectivity index is 2.10. The molecule has 20 heavy (non-hydrogen) atoms. The minimum absolute atomic E-state index is 0.283. The molecule has 0 fully saturated rings. The van der Waals surface area contributed by atoms with Gasteiger partial charge in [0.2, 0.25) is 5.82 Å². The van der Waals surface area contributed by atoms with Crippen LogP contribution in [0.15, 0.2) is 29.0 Å². The summed E-state index contributed by atoms with van der Waals surface area (Å²) in [5.74, 6) is 2.18. The third kappa shape index (κ3) is 1.96. The van der Waals surface area contributed by atoms with Crippen molar-refractivity contribution in [3.05, 3.63) is 24.5 Å². The van der Waals surface area contributed by atoms with Crippen LogP contribution in [0.25, 0.3) is 23.1 Å². The summed E-state index contributed by atoms with van der Waals surface area (Å²) in [5, 5.41) is 10.3. The van der Waals surface area contributed by atoms with Gasteiger partial charge in [0.1, 0.15) is 23.4 Å². The molecule has 1 N–H and O–H groups in total. The van der Waals surface area contributed by atoms with E-state index in [0.717, 1.165) is 0 Å². The van der Waals surface area contributed by atoms with Gasteiger partial charge >= 0.3 is 0 Å². The Kier molecular flexibility index (Phi) is 3.04. The van der Waals surface area contributed by atoms with Crippen LogP contribution in [-0.4, -0.2) is 39.5 Å². The second-order valence-corrected chi connectivity index (χ2v) is 3.79. The molecular weight excluding hydrogens is 262 g/mol. The first-order valence-corrected chi connectivity index (χ1v) is 5.74. The van der Waals surface area contributed by atoms with Crippen molar-refractivity contribution < 1.29 is 14.0 Å². The third-order valence-electron chi connectivity index (χ3n) is 2.69. The highest BCUT2D eigenvalue weighted by atomic mass is 16.5. The number of nitrogens with zero attached hydrogens (tertiary/aromatic N) is 4. The molecule has 2 heterocycles. The molecule has 3 rings (SSSR count). The Morgan fingerprint density at radius 1 is 1.15 bits per heavy atom. The van der Waals surface area contributed by atoms with Crippen molar-refractivity contribution in [3.8, 4) is 34.6 Å². The van der Waals surface area contributed by atoms with E-state index in [1.54, 1.807) is 26.4 Å². The van der Waals surface area contributed by atoms with Crippen LogP contribution < -0.4 is 9.47 Å². The summed E-state index contributed by atoms with van der Waals surface area (Å²) in [6.45, 7) is 0. The molecule has 2 aromatic heterocycles. The van der Waals surface area contributed by atoms with E-state index in [4.69, 9.17) is 14.0 Å². The predicted octanol–water partition coefficient (Wildman–Crippen LogP) is 1.54. The fraction of sp³-hybridized carbons (Fsp3) is 0.167. The van der Waals surface area contributed by atoms with Gasteiger partial charge in [0.05, 0.1) is 14.2 Å². The molecule has 8 nitrogen and oxygen atoms in total. The molecule has 8 heteroatoms. The van der Waals surface area contributed by atoms with Gasteiger partial charge in [0, 0.05) is 0 Å². The molecule has 1 aromatic carbocycles. The van der Waals surface area contributed by atoms with Gasteiger partial charge in [-0.2, -0.15) is 10.1 Å². The maximum atomic E-state index is 5.30. The van der Waals surface area contributed by atoms with Crippen molar-refractivity contribution in [2.75, 3.05) is 14.2 Å². The molecule has 102 valence electrons. The number of hydrogen-bond donors (Lipinski definition) is 1. The molecule has 0 aliphatic rings. The van der Waals surface area contributed by atoms with E-state index < -0.39 is 0 Å². The zero-order valence-corrected chi connectivity index (χ0v) is 10.8. The van der Waals surface area contributed by atoms with E-state index >= 15 is 0 Å². The largest absolute Gasteiger partial charge is 0.496 e. The normalized spacial score (nSPS) is 10.5. The van der Waals surface area contributed by atoms with E-state index in [1.165, 1.54) is 6.33 Å². The Morgan fingerprint density at radius 3 is 2.50 bits per heavy atom. The Bertz CT molecular complexity index is 685. The fourth-order valence-electron chi connectivity index (χ4n) is 1.80. The zero-order chi connectivity index (χ0) is 13.9. The van der Waals surface area contributed by atoms with E-state index in [2.05, 4.69) is 25.3 Å². The third-order valence-corrected chi connectivity index (χ3v) is 2.69. The number of hydrogen-bond acceptors (Lipinski definition) is 7. The average molecular weight is 273 g/mol. The molecule has 0 bridgehead atoms. The first-order valence-electron chi connectivity index (χ1n) is 5.74. The molecular formula is C12H11N5O3. The van der Waals surface area contributed by atoms with E-state index in [1.807, 2.05) is 6.07 Å². The van der Waals surface area contributed by atoms with Crippen molar-refractivity contribution in [2.45, 2.75) is 0 Å². The highest BCUT2D eigenvalue weighted by Crippen LogP contribution is 2.37. The molecule has 0 amide bonds. The van der Waals surface area contributed by atoms with Crippen LogP contribution in [0.3, 0.4) is 0 Å². The number of ether oxygens (including phenoxy) is 2. The molecule has 0 aliphatic carbocycles. The standard InChI is InChI=1S/C12H11N5O3/c1-18-7-4-3-5-8(19-2)9(7)12-15-11(17-20-12)10-13-6-14-16-10/h3-6H,1-2H3,(H,13,14,16). The first kappa shape index (κ1) is 12.2. The van der Waals surface area contributed by atoms with E-state index in [9.17, 15) is 0 Å². The van der Waals surface area contributed by atoms with Gasteiger partial charge in [-0.25, -0.2) is 4.98 Å². The summed E-state index contributed by atoms with van der Waals surface area (Å²) in [6.07, 6.45) is 1.37. The summed E-state index contributed by atoms with van der Waals surface area (Å²) in [7, 11) is 3.12. The van der Waals surface area contributed by atoms with Crippen LogP contribution in [-0.2, 0) is 0 Å². The Morgan fingerprint density at radius 2 is 1.90 bits per heavy atom. The molecule has 3 aromatic rings.